The fourth-order valence-corrected chi connectivity index (χ4v) is 1.72. The first kappa shape index (κ1) is 14.8. The standard InChI is InChI=1S/C12H13Cl2NO3/c1-2-3-10(12(17)18)15-11(16)7-4-5-8(13)9(14)6-7/h4-6,10H,2-3H2,1H3,(H,15,16)(H,17,18). The van der Waals surface area contributed by atoms with E-state index in [1.54, 1.807) is 0 Å². The maximum atomic E-state index is 11.8. The summed E-state index contributed by atoms with van der Waals surface area (Å²) in [5.74, 6) is -1.53. The normalized spacial score (nSPS) is 11.9. The topological polar surface area (TPSA) is 66.4 Å². The number of nitrogens with one attached hydrogen (secondary N) is 1. The van der Waals surface area contributed by atoms with Gasteiger partial charge < -0.3 is 10.4 Å². The lowest BCUT2D eigenvalue weighted by Crippen LogP contribution is -2.40. The van der Waals surface area contributed by atoms with Crippen LogP contribution in [0, 0.1) is 0 Å². The van der Waals surface area contributed by atoms with Gasteiger partial charge in [-0.15, -0.1) is 0 Å². The van der Waals surface area contributed by atoms with Crippen LogP contribution in [-0.2, 0) is 4.79 Å². The monoisotopic (exact) mass is 289 g/mol. The van der Waals surface area contributed by atoms with E-state index in [-0.39, 0.29) is 10.6 Å². The van der Waals surface area contributed by atoms with Crippen molar-refractivity contribution in [3.63, 3.8) is 0 Å². The number of amides is 1. The van der Waals surface area contributed by atoms with Gasteiger partial charge in [-0.2, -0.15) is 0 Å². The molecular weight excluding hydrogens is 277 g/mol. The zero-order valence-corrected chi connectivity index (χ0v) is 11.3. The lowest BCUT2D eigenvalue weighted by molar-refractivity contribution is -0.139. The smallest absolute Gasteiger partial charge is 0.326 e. The molecule has 0 aliphatic heterocycles. The molecule has 18 heavy (non-hydrogen) atoms. The second-order valence-electron chi connectivity index (χ2n) is 3.78. The Bertz CT molecular complexity index is 463. The zero-order valence-electron chi connectivity index (χ0n) is 9.74. The van der Waals surface area contributed by atoms with Crippen molar-refractivity contribution in [2.75, 3.05) is 0 Å². The average molecular weight is 290 g/mol. The van der Waals surface area contributed by atoms with Crippen LogP contribution in [0.25, 0.3) is 0 Å². The molecule has 0 aromatic heterocycles. The predicted molar refractivity (Wildman–Crippen MR) is 70.3 cm³/mol. The lowest BCUT2D eigenvalue weighted by atomic mass is 10.1. The van der Waals surface area contributed by atoms with Crippen molar-refractivity contribution in [1.29, 1.82) is 0 Å². The number of carbonyl (C=O) groups is 2. The number of carboxylic acid groups (broad SMARTS) is 1. The van der Waals surface area contributed by atoms with Gasteiger partial charge in [-0.05, 0) is 24.6 Å². The van der Waals surface area contributed by atoms with Gasteiger partial charge >= 0.3 is 5.97 Å². The molecule has 1 aromatic rings. The van der Waals surface area contributed by atoms with Gasteiger partial charge in [0.15, 0.2) is 0 Å². The SMILES string of the molecule is CCCC(NC(=O)c1ccc(Cl)c(Cl)c1)C(=O)O. The molecule has 0 spiro atoms. The molecule has 0 saturated heterocycles. The molecule has 1 unspecified atom stereocenters. The molecule has 0 radical (unpaired) electrons. The van der Waals surface area contributed by atoms with E-state index in [1.807, 2.05) is 6.92 Å². The molecule has 6 heteroatoms. The second-order valence-corrected chi connectivity index (χ2v) is 4.60. The number of benzene rings is 1. The van der Waals surface area contributed by atoms with E-state index >= 15 is 0 Å². The van der Waals surface area contributed by atoms with Crippen molar-refractivity contribution >= 4 is 35.1 Å². The number of halogens is 2. The minimum atomic E-state index is -1.05. The molecule has 0 fully saturated rings. The third-order valence-electron chi connectivity index (χ3n) is 2.36. The molecule has 0 bridgehead atoms. The number of hydrogen-bond acceptors (Lipinski definition) is 2. The van der Waals surface area contributed by atoms with Gasteiger partial charge in [-0.25, -0.2) is 4.79 Å². The Balaban J connectivity index is 2.80. The summed E-state index contributed by atoms with van der Waals surface area (Å²) in [7, 11) is 0. The number of carbonyl (C=O) groups excluding carboxylic acids is 1. The Morgan fingerprint density at radius 1 is 1.33 bits per heavy atom. The Labute approximate surface area is 115 Å². The summed E-state index contributed by atoms with van der Waals surface area (Å²) in [6, 6.07) is 3.50. The van der Waals surface area contributed by atoms with Crippen LogP contribution in [0.3, 0.4) is 0 Å². The molecule has 1 rings (SSSR count). The van der Waals surface area contributed by atoms with Crippen molar-refractivity contribution < 1.29 is 14.7 Å². The van der Waals surface area contributed by atoms with Gasteiger partial charge in [-0.1, -0.05) is 36.5 Å². The summed E-state index contributed by atoms with van der Waals surface area (Å²) in [5, 5.41) is 12.0. The predicted octanol–water partition coefficient (Wildman–Crippen LogP) is 2.98. The highest BCUT2D eigenvalue weighted by molar-refractivity contribution is 6.42. The van der Waals surface area contributed by atoms with Crippen LogP contribution in [0.15, 0.2) is 18.2 Å². The highest BCUT2D eigenvalue weighted by Crippen LogP contribution is 2.22. The van der Waals surface area contributed by atoms with E-state index in [0.717, 1.165) is 0 Å². The van der Waals surface area contributed by atoms with Gasteiger partial charge in [-0.3, -0.25) is 4.79 Å². The van der Waals surface area contributed by atoms with Gasteiger partial charge in [0, 0.05) is 5.56 Å². The summed E-state index contributed by atoms with van der Waals surface area (Å²) in [5.41, 5.74) is 0.284. The van der Waals surface area contributed by atoms with Crippen molar-refractivity contribution in [3.8, 4) is 0 Å². The highest BCUT2D eigenvalue weighted by atomic mass is 35.5. The summed E-state index contributed by atoms with van der Waals surface area (Å²) < 4.78 is 0. The van der Waals surface area contributed by atoms with Crippen LogP contribution >= 0.6 is 23.2 Å². The molecular formula is C12H13Cl2NO3. The first-order chi connectivity index (χ1) is 8.45. The van der Waals surface area contributed by atoms with Crippen LogP contribution in [-0.4, -0.2) is 23.0 Å². The summed E-state index contributed by atoms with van der Waals surface area (Å²) in [6.07, 6.45) is 1.04. The minimum absolute atomic E-state index is 0.256. The van der Waals surface area contributed by atoms with E-state index in [9.17, 15) is 9.59 Å². The molecule has 0 aliphatic rings. The molecule has 1 aromatic carbocycles. The van der Waals surface area contributed by atoms with Gasteiger partial charge in [0.1, 0.15) is 6.04 Å². The molecule has 2 N–H and O–H groups in total. The number of aliphatic carboxylic acids is 1. The summed E-state index contributed by atoms with van der Waals surface area (Å²) in [6.45, 7) is 1.85. The van der Waals surface area contributed by atoms with Crippen molar-refractivity contribution in [3.05, 3.63) is 33.8 Å². The molecule has 0 saturated carbocycles. The van der Waals surface area contributed by atoms with Crippen molar-refractivity contribution in [2.24, 2.45) is 0 Å². The zero-order chi connectivity index (χ0) is 13.7. The van der Waals surface area contributed by atoms with E-state index in [1.165, 1.54) is 18.2 Å². The van der Waals surface area contributed by atoms with Crippen LogP contribution in [0.2, 0.25) is 10.0 Å². The van der Waals surface area contributed by atoms with Crippen LogP contribution in [0.4, 0.5) is 0 Å². The lowest BCUT2D eigenvalue weighted by Gasteiger charge is -2.13. The fourth-order valence-electron chi connectivity index (χ4n) is 1.43. The second kappa shape index (κ2) is 6.61. The van der Waals surface area contributed by atoms with E-state index in [0.29, 0.717) is 17.9 Å². The molecule has 0 aliphatic carbocycles. The van der Waals surface area contributed by atoms with Crippen LogP contribution in [0.1, 0.15) is 30.1 Å². The highest BCUT2D eigenvalue weighted by Gasteiger charge is 2.19. The quantitative estimate of drug-likeness (QED) is 0.876. The van der Waals surface area contributed by atoms with Gasteiger partial charge in [0.2, 0.25) is 0 Å². The Kier molecular flexibility index (Phi) is 5.44. The Hall–Kier alpha value is -1.26. The molecule has 1 amide bonds. The molecule has 1 atom stereocenters. The van der Waals surface area contributed by atoms with E-state index in [2.05, 4.69) is 5.32 Å². The maximum absolute atomic E-state index is 11.8. The number of rotatable bonds is 5. The molecule has 0 heterocycles. The largest absolute Gasteiger partial charge is 0.480 e. The summed E-state index contributed by atoms with van der Waals surface area (Å²) >= 11 is 11.5. The average Bonchev–Trinajstić information content (AvgIpc) is 2.31. The Morgan fingerprint density at radius 2 is 2.00 bits per heavy atom. The van der Waals surface area contributed by atoms with Crippen LogP contribution in [0.5, 0.6) is 0 Å². The first-order valence-corrected chi connectivity index (χ1v) is 6.20. The minimum Gasteiger partial charge on any atom is -0.480 e. The van der Waals surface area contributed by atoms with Crippen molar-refractivity contribution in [1.82, 2.24) is 5.32 Å². The third-order valence-corrected chi connectivity index (χ3v) is 3.10. The van der Waals surface area contributed by atoms with Crippen LogP contribution < -0.4 is 5.32 Å². The van der Waals surface area contributed by atoms with E-state index < -0.39 is 17.9 Å². The number of hydrogen-bond donors (Lipinski definition) is 2. The first-order valence-electron chi connectivity index (χ1n) is 5.44. The summed E-state index contributed by atoms with van der Waals surface area (Å²) in [4.78, 5) is 22.7. The van der Waals surface area contributed by atoms with Crippen molar-refractivity contribution in [2.45, 2.75) is 25.8 Å². The molecule has 98 valence electrons. The Morgan fingerprint density at radius 3 is 2.50 bits per heavy atom. The fraction of sp³-hybridized carbons (Fsp3) is 0.333. The van der Waals surface area contributed by atoms with E-state index in [4.69, 9.17) is 28.3 Å². The van der Waals surface area contributed by atoms with Gasteiger partial charge in [0.25, 0.3) is 5.91 Å². The van der Waals surface area contributed by atoms with Gasteiger partial charge in [0.05, 0.1) is 10.0 Å². The molecule has 4 nitrogen and oxygen atoms in total. The maximum Gasteiger partial charge on any atom is 0.326 e. The number of carboxylic acids is 1. The third kappa shape index (κ3) is 3.89.